The Morgan fingerprint density at radius 1 is 1.25 bits per heavy atom. The summed E-state index contributed by atoms with van der Waals surface area (Å²) in [6, 6.07) is 7.12. The minimum Gasteiger partial charge on any atom is -0.454 e. The fourth-order valence-electron chi connectivity index (χ4n) is 1.73. The van der Waals surface area contributed by atoms with Gasteiger partial charge < -0.3 is 15.2 Å². The summed E-state index contributed by atoms with van der Waals surface area (Å²) < 4.78 is 10.5. The van der Waals surface area contributed by atoms with Gasteiger partial charge in [0.2, 0.25) is 6.79 Å². The predicted octanol–water partition coefficient (Wildman–Crippen LogP) is 1.42. The van der Waals surface area contributed by atoms with Gasteiger partial charge in [-0.15, -0.1) is 0 Å². The molecule has 3 rings (SSSR count). The number of nitrogen functional groups attached to an aromatic ring is 1. The van der Waals surface area contributed by atoms with Crippen molar-refractivity contribution >= 4 is 16.7 Å². The molecule has 0 aliphatic carbocycles. The van der Waals surface area contributed by atoms with Gasteiger partial charge in [-0.1, -0.05) is 0 Å². The lowest BCUT2D eigenvalue weighted by molar-refractivity contribution is 0.174. The van der Waals surface area contributed by atoms with E-state index in [9.17, 15) is 0 Å². The maximum atomic E-state index is 9.00. The third kappa shape index (κ3) is 1.13. The first-order valence-corrected chi connectivity index (χ1v) is 4.68. The van der Waals surface area contributed by atoms with Crippen molar-refractivity contribution in [3.63, 3.8) is 0 Å². The molecule has 0 atom stereocenters. The van der Waals surface area contributed by atoms with E-state index >= 15 is 0 Å². The van der Waals surface area contributed by atoms with Gasteiger partial charge in [-0.25, -0.2) is 4.98 Å². The average Bonchev–Trinajstić information content (AvgIpc) is 2.72. The molecule has 0 fully saturated rings. The van der Waals surface area contributed by atoms with Crippen LogP contribution in [0.4, 0.5) is 5.82 Å². The molecule has 1 aliphatic rings. The van der Waals surface area contributed by atoms with Crippen LogP contribution in [0.15, 0.2) is 18.2 Å². The number of anilines is 1. The molecular formula is C11H7N3O2. The second kappa shape index (κ2) is 3.00. The van der Waals surface area contributed by atoms with Gasteiger partial charge in [0.15, 0.2) is 11.5 Å². The molecule has 0 unspecified atom stereocenters. The van der Waals surface area contributed by atoms with Gasteiger partial charge in [0.25, 0.3) is 0 Å². The van der Waals surface area contributed by atoms with Gasteiger partial charge in [0.1, 0.15) is 5.82 Å². The Kier molecular flexibility index (Phi) is 1.65. The van der Waals surface area contributed by atoms with Crippen LogP contribution < -0.4 is 15.2 Å². The van der Waals surface area contributed by atoms with Crippen molar-refractivity contribution in [1.82, 2.24) is 4.98 Å². The van der Waals surface area contributed by atoms with E-state index < -0.39 is 0 Å². The van der Waals surface area contributed by atoms with Crippen LogP contribution in [-0.4, -0.2) is 11.8 Å². The van der Waals surface area contributed by atoms with Crippen LogP contribution in [0.1, 0.15) is 5.56 Å². The van der Waals surface area contributed by atoms with E-state index in [1.807, 2.05) is 0 Å². The maximum absolute atomic E-state index is 9.00. The third-order valence-corrected chi connectivity index (χ3v) is 2.44. The SMILES string of the molecule is N#Cc1cc(N)nc2cc3c(cc12)OCO3. The number of nitrogens with two attached hydrogens (primary N) is 1. The van der Waals surface area contributed by atoms with E-state index in [1.54, 1.807) is 18.2 Å². The molecule has 0 spiro atoms. The average molecular weight is 213 g/mol. The molecule has 78 valence electrons. The first-order chi connectivity index (χ1) is 7.78. The van der Waals surface area contributed by atoms with Gasteiger partial charge in [0, 0.05) is 11.5 Å². The number of aromatic nitrogens is 1. The predicted molar refractivity (Wildman–Crippen MR) is 57.0 cm³/mol. The van der Waals surface area contributed by atoms with Gasteiger partial charge >= 0.3 is 0 Å². The van der Waals surface area contributed by atoms with Crippen LogP contribution in [0.5, 0.6) is 11.5 Å². The van der Waals surface area contributed by atoms with Crippen molar-refractivity contribution < 1.29 is 9.47 Å². The second-order valence-electron chi connectivity index (χ2n) is 3.43. The molecule has 1 aliphatic heterocycles. The maximum Gasteiger partial charge on any atom is 0.231 e. The zero-order valence-electron chi connectivity index (χ0n) is 8.23. The summed E-state index contributed by atoms with van der Waals surface area (Å²) in [7, 11) is 0. The number of fused-ring (bicyclic) bond motifs is 2. The Labute approximate surface area is 91.0 Å². The third-order valence-electron chi connectivity index (χ3n) is 2.44. The summed E-state index contributed by atoms with van der Waals surface area (Å²) in [6.45, 7) is 0.197. The van der Waals surface area contributed by atoms with Crippen molar-refractivity contribution in [2.45, 2.75) is 0 Å². The van der Waals surface area contributed by atoms with Crippen LogP contribution in [0, 0.1) is 11.3 Å². The molecule has 0 bridgehead atoms. The van der Waals surface area contributed by atoms with Crippen LogP contribution in [0.3, 0.4) is 0 Å². The Morgan fingerprint density at radius 3 is 2.75 bits per heavy atom. The molecule has 2 N–H and O–H groups in total. The molecule has 2 heterocycles. The Hall–Kier alpha value is -2.48. The number of rotatable bonds is 0. The van der Waals surface area contributed by atoms with Crippen LogP contribution >= 0.6 is 0 Å². The van der Waals surface area contributed by atoms with Crippen LogP contribution in [0.2, 0.25) is 0 Å². The first kappa shape index (κ1) is 8.80. The van der Waals surface area contributed by atoms with Crippen molar-refractivity contribution in [3.05, 3.63) is 23.8 Å². The quantitative estimate of drug-likeness (QED) is 0.715. The normalized spacial score (nSPS) is 12.7. The van der Waals surface area contributed by atoms with Gasteiger partial charge in [-0.2, -0.15) is 5.26 Å². The van der Waals surface area contributed by atoms with E-state index in [4.69, 9.17) is 20.5 Å². The van der Waals surface area contributed by atoms with Crippen LogP contribution in [-0.2, 0) is 0 Å². The van der Waals surface area contributed by atoms with Crippen molar-refractivity contribution in [3.8, 4) is 17.6 Å². The second-order valence-corrected chi connectivity index (χ2v) is 3.43. The minimum absolute atomic E-state index is 0.197. The largest absolute Gasteiger partial charge is 0.454 e. The lowest BCUT2D eigenvalue weighted by Gasteiger charge is -2.03. The number of benzene rings is 1. The summed E-state index contributed by atoms with van der Waals surface area (Å²) in [6.07, 6.45) is 0. The van der Waals surface area contributed by atoms with Crippen molar-refractivity contribution in [2.75, 3.05) is 12.5 Å². The fourth-order valence-corrected chi connectivity index (χ4v) is 1.73. The smallest absolute Gasteiger partial charge is 0.231 e. The van der Waals surface area contributed by atoms with Crippen LogP contribution in [0.25, 0.3) is 10.9 Å². The van der Waals surface area contributed by atoms with E-state index in [1.165, 1.54) is 0 Å². The number of pyridine rings is 1. The fraction of sp³-hybridized carbons (Fsp3) is 0.0909. The standard InChI is InChI=1S/C11H7N3O2/c12-4-6-1-11(13)14-8-3-10-9(2-7(6)8)15-5-16-10/h1-3H,5H2,(H2,13,14). The van der Waals surface area contributed by atoms with Gasteiger partial charge in [-0.05, 0) is 12.1 Å². The molecule has 0 radical (unpaired) electrons. The zero-order valence-corrected chi connectivity index (χ0v) is 8.23. The van der Waals surface area contributed by atoms with E-state index in [-0.39, 0.29) is 6.79 Å². The Morgan fingerprint density at radius 2 is 2.00 bits per heavy atom. The highest BCUT2D eigenvalue weighted by molar-refractivity contribution is 5.89. The number of nitriles is 1. The van der Waals surface area contributed by atoms with Crippen molar-refractivity contribution in [1.29, 1.82) is 5.26 Å². The topological polar surface area (TPSA) is 81.2 Å². The molecule has 0 saturated carbocycles. The summed E-state index contributed by atoms with van der Waals surface area (Å²) in [5, 5.41) is 9.73. The summed E-state index contributed by atoms with van der Waals surface area (Å²) in [4.78, 5) is 4.15. The van der Waals surface area contributed by atoms with Gasteiger partial charge in [-0.3, -0.25) is 0 Å². The van der Waals surface area contributed by atoms with E-state index in [2.05, 4.69) is 11.1 Å². The number of hydrogen-bond acceptors (Lipinski definition) is 5. The molecule has 1 aromatic carbocycles. The highest BCUT2D eigenvalue weighted by atomic mass is 16.7. The molecular weight excluding hydrogens is 206 g/mol. The highest BCUT2D eigenvalue weighted by Gasteiger charge is 2.16. The molecule has 0 saturated heterocycles. The molecule has 5 heteroatoms. The lowest BCUT2D eigenvalue weighted by Crippen LogP contribution is -1.93. The molecule has 0 amide bonds. The summed E-state index contributed by atoms with van der Waals surface area (Å²) in [5.41, 5.74) is 6.74. The summed E-state index contributed by atoms with van der Waals surface area (Å²) >= 11 is 0. The first-order valence-electron chi connectivity index (χ1n) is 4.68. The van der Waals surface area contributed by atoms with E-state index in [0.717, 1.165) is 5.39 Å². The molecule has 16 heavy (non-hydrogen) atoms. The Bertz CT molecular complexity index is 631. The minimum atomic E-state index is 0.197. The number of ether oxygens (including phenoxy) is 2. The monoisotopic (exact) mass is 213 g/mol. The Balaban J connectivity index is 2.40. The lowest BCUT2D eigenvalue weighted by atomic mass is 10.1. The zero-order chi connectivity index (χ0) is 11.1. The number of nitrogens with zero attached hydrogens (tertiary/aromatic N) is 2. The number of hydrogen-bond donors (Lipinski definition) is 1. The molecule has 5 nitrogen and oxygen atoms in total. The van der Waals surface area contributed by atoms with E-state index in [0.29, 0.717) is 28.4 Å². The highest BCUT2D eigenvalue weighted by Crippen LogP contribution is 2.36. The molecule has 2 aromatic rings. The summed E-state index contributed by atoms with van der Waals surface area (Å²) in [5.74, 6) is 1.59. The molecule has 1 aromatic heterocycles. The van der Waals surface area contributed by atoms with Crippen molar-refractivity contribution in [2.24, 2.45) is 0 Å². The van der Waals surface area contributed by atoms with Gasteiger partial charge in [0.05, 0.1) is 17.1 Å².